The van der Waals surface area contributed by atoms with Gasteiger partial charge in [0.05, 0.1) is 4.90 Å². The lowest BCUT2D eigenvalue weighted by Gasteiger charge is -2.24. The first-order valence-corrected chi connectivity index (χ1v) is 10.8. The number of rotatable bonds is 7. The van der Waals surface area contributed by atoms with Crippen molar-refractivity contribution in [3.63, 3.8) is 0 Å². The summed E-state index contributed by atoms with van der Waals surface area (Å²) in [5.41, 5.74) is 0.911. The third-order valence-electron chi connectivity index (χ3n) is 3.23. The van der Waals surface area contributed by atoms with Gasteiger partial charge in [-0.15, -0.1) is 0 Å². The van der Waals surface area contributed by atoms with E-state index in [4.69, 9.17) is 0 Å². The third-order valence-corrected chi connectivity index (χ3v) is 7.01. The van der Waals surface area contributed by atoms with Crippen LogP contribution in [-0.2, 0) is 10.0 Å². The van der Waals surface area contributed by atoms with Crippen molar-refractivity contribution in [2.45, 2.75) is 38.5 Å². The van der Waals surface area contributed by atoms with Gasteiger partial charge in [0.1, 0.15) is 0 Å². The first kappa shape index (κ1) is 19.6. The molecule has 1 aromatic rings. The van der Waals surface area contributed by atoms with Crippen LogP contribution < -0.4 is 4.72 Å². The Hall–Kier alpha value is 0.570. The molecule has 0 aliphatic carbocycles. The largest absolute Gasteiger partial charge is 0.241 e. The Balaban J connectivity index is 2.90. The minimum absolute atomic E-state index is 0.0742. The molecule has 0 aliphatic heterocycles. The highest BCUT2D eigenvalue weighted by Gasteiger charge is 2.24. The molecule has 0 radical (unpaired) electrons. The van der Waals surface area contributed by atoms with E-state index in [1.54, 1.807) is 12.1 Å². The highest BCUT2D eigenvalue weighted by atomic mass is 79.9. The average molecular weight is 506 g/mol. The summed E-state index contributed by atoms with van der Waals surface area (Å²) in [4.78, 5) is 0.260. The van der Waals surface area contributed by atoms with E-state index in [9.17, 15) is 8.42 Å². The molecule has 0 heterocycles. The van der Waals surface area contributed by atoms with Gasteiger partial charge in [0, 0.05) is 20.8 Å². The molecule has 0 unspecified atom stereocenters. The Morgan fingerprint density at radius 1 is 1.19 bits per heavy atom. The van der Waals surface area contributed by atoms with Gasteiger partial charge in [-0.05, 0) is 58.8 Å². The Bertz CT molecular complexity index is 600. The zero-order valence-corrected chi connectivity index (χ0v) is 17.9. The minimum atomic E-state index is -3.53. The Kier molecular flexibility index (Phi) is 7.38. The second-order valence-electron chi connectivity index (χ2n) is 5.81. The smallest absolute Gasteiger partial charge is 0.211 e. The van der Waals surface area contributed by atoms with Crippen LogP contribution in [0.4, 0.5) is 0 Å². The van der Waals surface area contributed by atoms with E-state index in [2.05, 4.69) is 66.4 Å². The van der Waals surface area contributed by atoms with Crippen molar-refractivity contribution in [3.05, 3.63) is 26.6 Å². The van der Waals surface area contributed by atoms with Gasteiger partial charge < -0.3 is 0 Å². The van der Waals surface area contributed by atoms with Gasteiger partial charge in [0.2, 0.25) is 10.0 Å². The monoisotopic (exact) mass is 503 g/mol. The van der Waals surface area contributed by atoms with E-state index in [1.165, 1.54) is 0 Å². The number of nitrogens with one attached hydrogen (secondary N) is 1. The van der Waals surface area contributed by atoms with Crippen molar-refractivity contribution in [2.24, 2.45) is 5.41 Å². The minimum Gasteiger partial charge on any atom is -0.211 e. The van der Waals surface area contributed by atoms with Crippen LogP contribution >= 0.6 is 47.8 Å². The normalized spacial score (nSPS) is 12.7. The molecule has 7 heteroatoms. The molecule has 1 rings (SSSR count). The number of hydrogen-bond donors (Lipinski definition) is 1. The van der Waals surface area contributed by atoms with Crippen molar-refractivity contribution in [3.8, 4) is 0 Å². The highest BCUT2D eigenvalue weighted by Crippen LogP contribution is 2.29. The maximum absolute atomic E-state index is 12.5. The first-order valence-electron chi connectivity index (χ1n) is 6.60. The van der Waals surface area contributed by atoms with Gasteiger partial charge in [0.15, 0.2) is 0 Å². The second-order valence-corrected chi connectivity index (χ2v) is 10.1. The predicted octanol–water partition coefficient (Wildman–Crippen LogP) is 5.00. The number of halogens is 3. The summed E-state index contributed by atoms with van der Waals surface area (Å²) in [5, 5.41) is 0.930. The van der Waals surface area contributed by atoms with Crippen LogP contribution in [0.15, 0.2) is 26.0 Å². The molecule has 0 atom stereocenters. The maximum atomic E-state index is 12.5. The van der Waals surface area contributed by atoms with E-state index >= 15 is 0 Å². The molecule has 0 spiro atoms. The van der Waals surface area contributed by atoms with Crippen molar-refractivity contribution >= 4 is 57.8 Å². The van der Waals surface area contributed by atoms with Crippen LogP contribution in [-0.4, -0.2) is 20.3 Å². The Morgan fingerprint density at radius 2 is 1.81 bits per heavy atom. The van der Waals surface area contributed by atoms with Gasteiger partial charge in [-0.1, -0.05) is 45.7 Å². The summed E-state index contributed by atoms with van der Waals surface area (Å²) in [6.45, 7) is 6.47. The molecule has 0 bridgehead atoms. The molecule has 0 amide bonds. The quantitative estimate of drug-likeness (QED) is 0.530. The maximum Gasteiger partial charge on any atom is 0.241 e. The lowest BCUT2D eigenvalue weighted by molar-refractivity contribution is 0.332. The molecule has 3 nitrogen and oxygen atoms in total. The molecule has 0 saturated heterocycles. The summed E-state index contributed by atoms with van der Waals surface area (Å²) in [6.07, 6.45) is 1.98. The number of benzene rings is 1. The summed E-state index contributed by atoms with van der Waals surface area (Å²) >= 11 is 10.1. The van der Waals surface area contributed by atoms with Crippen LogP contribution in [0.3, 0.4) is 0 Å². The SMILES string of the molecule is Cc1cc(Br)c(S(=O)(=O)NCC(C)(C)CCCBr)cc1Br. The van der Waals surface area contributed by atoms with Crippen LogP contribution in [0.25, 0.3) is 0 Å². The molecule has 1 N–H and O–H groups in total. The summed E-state index contributed by atoms with van der Waals surface area (Å²) in [7, 11) is -3.53. The number of sulfonamides is 1. The zero-order chi connectivity index (χ0) is 16.3. The highest BCUT2D eigenvalue weighted by molar-refractivity contribution is 9.11. The van der Waals surface area contributed by atoms with Crippen molar-refractivity contribution in [1.82, 2.24) is 4.72 Å². The Morgan fingerprint density at radius 3 is 2.38 bits per heavy atom. The van der Waals surface area contributed by atoms with E-state index in [0.717, 1.165) is 28.2 Å². The molecule has 120 valence electrons. The van der Waals surface area contributed by atoms with Crippen molar-refractivity contribution < 1.29 is 8.42 Å². The number of hydrogen-bond acceptors (Lipinski definition) is 2. The fraction of sp³-hybridized carbons (Fsp3) is 0.571. The summed E-state index contributed by atoms with van der Waals surface area (Å²) < 4.78 is 29.0. The topological polar surface area (TPSA) is 46.2 Å². The van der Waals surface area contributed by atoms with Gasteiger partial charge in [-0.3, -0.25) is 0 Å². The van der Waals surface area contributed by atoms with Crippen LogP contribution in [0.5, 0.6) is 0 Å². The number of aryl methyl sites for hydroxylation is 1. The second kappa shape index (κ2) is 7.90. The lowest BCUT2D eigenvalue weighted by Crippen LogP contribution is -2.34. The van der Waals surface area contributed by atoms with Gasteiger partial charge in [0.25, 0.3) is 0 Å². The zero-order valence-electron chi connectivity index (χ0n) is 12.3. The molecule has 1 aromatic carbocycles. The van der Waals surface area contributed by atoms with Gasteiger partial charge in [-0.25, -0.2) is 13.1 Å². The molecular weight excluding hydrogens is 486 g/mol. The average Bonchev–Trinajstić information content (AvgIpc) is 2.38. The fourth-order valence-electron chi connectivity index (χ4n) is 1.84. The first-order chi connectivity index (χ1) is 9.59. The summed E-state index contributed by atoms with van der Waals surface area (Å²) in [5.74, 6) is 0. The molecule has 0 aromatic heterocycles. The Labute approximate surface area is 152 Å². The van der Waals surface area contributed by atoms with Crippen molar-refractivity contribution in [2.75, 3.05) is 11.9 Å². The molecule has 0 fully saturated rings. The molecule has 0 aliphatic rings. The van der Waals surface area contributed by atoms with E-state index in [-0.39, 0.29) is 10.3 Å². The molecule has 0 saturated carbocycles. The van der Waals surface area contributed by atoms with E-state index in [0.29, 0.717) is 11.0 Å². The van der Waals surface area contributed by atoms with Gasteiger partial charge in [-0.2, -0.15) is 0 Å². The van der Waals surface area contributed by atoms with Crippen LogP contribution in [0.1, 0.15) is 32.3 Å². The van der Waals surface area contributed by atoms with Crippen LogP contribution in [0.2, 0.25) is 0 Å². The standard InChI is InChI=1S/C14H20Br3NO2S/c1-10-7-12(17)13(8-11(10)16)21(19,20)18-9-14(2,3)5-4-6-15/h7-8,18H,4-6,9H2,1-3H3. The third kappa shape index (κ3) is 5.94. The van der Waals surface area contributed by atoms with E-state index < -0.39 is 10.0 Å². The van der Waals surface area contributed by atoms with Gasteiger partial charge >= 0.3 is 0 Å². The lowest BCUT2D eigenvalue weighted by atomic mass is 9.88. The van der Waals surface area contributed by atoms with E-state index in [1.807, 2.05) is 6.92 Å². The molecular formula is C14H20Br3NO2S. The molecule has 21 heavy (non-hydrogen) atoms. The summed E-state index contributed by atoms with van der Waals surface area (Å²) in [6, 6.07) is 3.43. The number of alkyl halides is 1. The fourth-order valence-corrected chi connectivity index (χ4v) is 5.03. The predicted molar refractivity (Wildman–Crippen MR) is 98.6 cm³/mol. The van der Waals surface area contributed by atoms with Crippen LogP contribution in [0, 0.1) is 12.3 Å². The van der Waals surface area contributed by atoms with Crippen molar-refractivity contribution in [1.29, 1.82) is 0 Å².